The van der Waals surface area contributed by atoms with Crippen LogP contribution in [0.25, 0.3) is 0 Å². The summed E-state index contributed by atoms with van der Waals surface area (Å²) in [7, 11) is 2.70. The van der Waals surface area contributed by atoms with Gasteiger partial charge in [-0.15, -0.1) is 0 Å². The number of carbonyl (C=O) groups is 2. The number of hydrogen-bond acceptors (Lipinski definition) is 5. The molecule has 0 saturated heterocycles. The molecule has 1 heterocycles. The molecule has 0 amide bonds. The van der Waals surface area contributed by atoms with Crippen LogP contribution in [-0.2, 0) is 30.2 Å². The molecular weight excluding hydrogens is 260 g/mol. The fraction of sp³-hybridized carbons (Fsp3) is 0.467. The highest BCUT2D eigenvalue weighted by Gasteiger charge is 2.30. The van der Waals surface area contributed by atoms with Crippen LogP contribution in [0.3, 0.4) is 0 Å². The van der Waals surface area contributed by atoms with Gasteiger partial charge in [0.2, 0.25) is 0 Å². The van der Waals surface area contributed by atoms with Crippen molar-refractivity contribution in [2.45, 2.75) is 31.5 Å². The van der Waals surface area contributed by atoms with Crippen LogP contribution in [-0.4, -0.2) is 32.3 Å². The van der Waals surface area contributed by atoms with Gasteiger partial charge in [0.15, 0.2) is 0 Å². The molecule has 0 aromatic heterocycles. The number of esters is 2. The molecule has 0 aliphatic carbocycles. The van der Waals surface area contributed by atoms with E-state index in [9.17, 15) is 9.59 Å². The molecule has 0 saturated carbocycles. The Balaban J connectivity index is 2.17. The zero-order chi connectivity index (χ0) is 14.5. The van der Waals surface area contributed by atoms with Gasteiger partial charge in [-0.25, -0.2) is 0 Å². The Labute approximate surface area is 117 Å². The number of rotatable bonds is 4. The van der Waals surface area contributed by atoms with Crippen LogP contribution in [0, 0.1) is 0 Å². The Kier molecular flexibility index (Phi) is 4.74. The number of ether oxygens (including phenoxy) is 3. The molecule has 1 aromatic carbocycles. The molecule has 0 bridgehead atoms. The van der Waals surface area contributed by atoms with E-state index in [-0.39, 0.29) is 37.0 Å². The highest BCUT2D eigenvalue weighted by molar-refractivity contribution is 5.71. The Morgan fingerprint density at radius 3 is 2.50 bits per heavy atom. The second-order valence-corrected chi connectivity index (χ2v) is 4.71. The number of carbonyl (C=O) groups excluding carboxylic acids is 2. The van der Waals surface area contributed by atoms with E-state index in [2.05, 4.69) is 4.74 Å². The molecule has 1 aliphatic rings. The average molecular weight is 278 g/mol. The van der Waals surface area contributed by atoms with Crippen molar-refractivity contribution in [1.82, 2.24) is 0 Å². The Bertz CT molecular complexity index is 497. The molecule has 0 N–H and O–H groups in total. The zero-order valence-corrected chi connectivity index (χ0v) is 11.6. The number of hydrogen-bond donors (Lipinski definition) is 0. The third kappa shape index (κ3) is 3.36. The summed E-state index contributed by atoms with van der Waals surface area (Å²) < 4.78 is 15.2. The summed E-state index contributed by atoms with van der Waals surface area (Å²) in [5.41, 5.74) is 2.08. The first kappa shape index (κ1) is 14.5. The maximum atomic E-state index is 11.5. The zero-order valence-electron chi connectivity index (χ0n) is 11.6. The van der Waals surface area contributed by atoms with Gasteiger partial charge in [0, 0.05) is 0 Å². The average Bonchev–Trinajstić information content (AvgIpc) is 2.47. The lowest BCUT2D eigenvalue weighted by molar-refractivity contribution is -0.149. The SMILES string of the molecule is COC(=O)C[C@@H]1Cc2ccccc2[C@H](CC(=O)OC)O1. The molecule has 5 nitrogen and oxygen atoms in total. The van der Waals surface area contributed by atoms with Gasteiger partial charge in [-0.05, 0) is 17.5 Å². The third-order valence-corrected chi connectivity index (χ3v) is 3.41. The Hall–Kier alpha value is -1.88. The van der Waals surface area contributed by atoms with Crippen LogP contribution < -0.4 is 0 Å². The molecular formula is C15H18O5. The van der Waals surface area contributed by atoms with Gasteiger partial charge >= 0.3 is 11.9 Å². The fourth-order valence-corrected chi connectivity index (χ4v) is 2.42. The smallest absolute Gasteiger partial charge is 0.308 e. The molecule has 0 fully saturated rings. The minimum absolute atomic E-state index is 0.144. The highest BCUT2D eigenvalue weighted by Crippen LogP contribution is 2.33. The molecule has 0 radical (unpaired) electrons. The minimum Gasteiger partial charge on any atom is -0.469 e. The lowest BCUT2D eigenvalue weighted by Crippen LogP contribution is -2.30. The first-order valence-corrected chi connectivity index (χ1v) is 6.51. The summed E-state index contributed by atoms with van der Waals surface area (Å²) in [4.78, 5) is 22.9. The van der Waals surface area contributed by atoms with Gasteiger partial charge in [0.1, 0.15) is 0 Å². The molecule has 0 spiro atoms. The minimum atomic E-state index is -0.373. The molecule has 2 atom stereocenters. The summed E-state index contributed by atoms with van der Waals surface area (Å²) in [5.74, 6) is -0.644. The van der Waals surface area contributed by atoms with Crippen molar-refractivity contribution < 1.29 is 23.8 Å². The van der Waals surface area contributed by atoms with Crippen LogP contribution >= 0.6 is 0 Å². The van der Waals surface area contributed by atoms with Gasteiger partial charge in [-0.1, -0.05) is 24.3 Å². The molecule has 108 valence electrons. The van der Waals surface area contributed by atoms with Crippen molar-refractivity contribution in [2.75, 3.05) is 14.2 Å². The first-order chi connectivity index (χ1) is 9.63. The van der Waals surface area contributed by atoms with E-state index >= 15 is 0 Å². The lowest BCUT2D eigenvalue weighted by atomic mass is 9.92. The van der Waals surface area contributed by atoms with Gasteiger partial charge in [0.25, 0.3) is 0 Å². The van der Waals surface area contributed by atoms with Crippen LogP contribution in [0.4, 0.5) is 0 Å². The monoisotopic (exact) mass is 278 g/mol. The highest BCUT2D eigenvalue weighted by atomic mass is 16.5. The number of benzene rings is 1. The van der Waals surface area contributed by atoms with E-state index in [0.29, 0.717) is 6.42 Å². The molecule has 20 heavy (non-hydrogen) atoms. The van der Waals surface area contributed by atoms with Crippen molar-refractivity contribution in [3.05, 3.63) is 35.4 Å². The quantitative estimate of drug-likeness (QED) is 0.786. The van der Waals surface area contributed by atoms with Crippen LogP contribution in [0.2, 0.25) is 0 Å². The van der Waals surface area contributed by atoms with Crippen LogP contribution in [0.5, 0.6) is 0 Å². The van der Waals surface area contributed by atoms with Crippen LogP contribution in [0.15, 0.2) is 24.3 Å². The lowest BCUT2D eigenvalue weighted by Gasteiger charge is -2.31. The Morgan fingerprint density at radius 2 is 1.80 bits per heavy atom. The second-order valence-electron chi connectivity index (χ2n) is 4.71. The summed E-state index contributed by atoms with van der Waals surface area (Å²) in [5, 5.41) is 0. The third-order valence-electron chi connectivity index (χ3n) is 3.41. The molecule has 1 aliphatic heterocycles. The summed E-state index contributed by atoms with van der Waals surface area (Å²) >= 11 is 0. The summed E-state index contributed by atoms with van der Waals surface area (Å²) in [6.45, 7) is 0. The molecule has 2 rings (SSSR count). The second kappa shape index (κ2) is 6.52. The first-order valence-electron chi connectivity index (χ1n) is 6.51. The topological polar surface area (TPSA) is 61.8 Å². The molecule has 0 unspecified atom stereocenters. The standard InChI is InChI=1S/C15H18O5/c1-18-14(16)8-11-7-10-5-3-4-6-12(10)13(20-11)9-15(17)19-2/h3-6,11,13H,7-9H2,1-2H3/t11-,13-/m0/s1. The summed E-state index contributed by atoms with van der Waals surface area (Å²) in [6, 6.07) is 7.78. The largest absolute Gasteiger partial charge is 0.469 e. The number of methoxy groups -OCH3 is 2. The van der Waals surface area contributed by atoms with Crippen molar-refractivity contribution in [3.8, 4) is 0 Å². The maximum Gasteiger partial charge on any atom is 0.308 e. The van der Waals surface area contributed by atoms with E-state index in [1.165, 1.54) is 14.2 Å². The maximum absolute atomic E-state index is 11.5. The predicted molar refractivity (Wildman–Crippen MR) is 71.0 cm³/mol. The Morgan fingerprint density at radius 1 is 1.15 bits per heavy atom. The summed E-state index contributed by atoms with van der Waals surface area (Å²) in [6.07, 6.45) is 0.325. The van der Waals surface area contributed by atoms with E-state index in [0.717, 1.165) is 11.1 Å². The van der Waals surface area contributed by atoms with Crippen molar-refractivity contribution >= 4 is 11.9 Å². The van der Waals surface area contributed by atoms with E-state index in [1.807, 2.05) is 24.3 Å². The van der Waals surface area contributed by atoms with E-state index < -0.39 is 0 Å². The predicted octanol–water partition coefficient (Wildman–Crippen LogP) is 1.80. The van der Waals surface area contributed by atoms with Gasteiger partial charge in [-0.3, -0.25) is 9.59 Å². The van der Waals surface area contributed by atoms with E-state index in [1.54, 1.807) is 0 Å². The normalized spacial score (nSPS) is 20.9. The number of fused-ring (bicyclic) bond motifs is 1. The van der Waals surface area contributed by atoms with Crippen LogP contribution in [0.1, 0.15) is 30.1 Å². The van der Waals surface area contributed by atoms with E-state index in [4.69, 9.17) is 9.47 Å². The van der Waals surface area contributed by atoms with Crippen molar-refractivity contribution in [3.63, 3.8) is 0 Å². The fourth-order valence-electron chi connectivity index (χ4n) is 2.42. The van der Waals surface area contributed by atoms with Gasteiger partial charge in [-0.2, -0.15) is 0 Å². The molecule has 1 aromatic rings. The van der Waals surface area contributed by atoms with Crippen molar-refractivity contribution in [1.29, 1.82) is 0 Å². The van der Waals surface area contributed by atoms with Gasteiger partial charge < -0.3 is 14.2 Å². The molecule has 5 heteroatoms. The van der Waals surface area contributed by atoms with Gasteiger partial charge in [0.05, 0.1) is 39.3 Å². The van der Waals surface area contributed by atoms with Crippen molar-refractivity contribution in [2.24, 2.45) is 0 Å².